The van der Waals surface area contributed by atoms with Crippen LogP contribution < -0.4 is 0 Å². The van der Waals surface area contributed by atoms with Crippen molar-refractivity contribution in [3.05, 3.63) is 373 Å². The predicted molar refractivity (Wildman–Crippen MR) is 590 cm³/mol. The first-order chi connectivity index (χ1) is 65.6. The Morgan fingerprint density at radius 3 is 0.856 bits per heavy atom. The first-order valence-corrected chi connectivity index (χ1v) is 51.8. The molecule has 15 aromatic carbocycles. The van der Waals surface area contributed by atoms with E-state index in [9.17, 15) is 0 Å². The zero-order valence-corrected chi connectivity index (χ0v) is 86.2. The van der Waals surface area contributed by atoms with E-state index < -0.39 is 0 Å². The number of rotatable bonds is 0. The van der Waals surface area contributed by atoms with Crippen LogP contribution in [0.5, 0.6) is 0 Å². The molecule has 0 spiro atoms. The van der Waals surface area contributed by atoms with Crippen LogP contribution in [0.4, 0.5) is 0 Å². The standard InChI is InChI=1S/3C33H21N.15C2H6/c1-3-9-23-19(6-1)16-21-12-13-24-25-14-15-27-26-10-5-8-22-17-20-7-2-4-11-30(20)34(32(22)26)33(27)29(25)18-28(24)31(21)23;1-2-8-23-19(6-1)16-20-12-14-24-25-15-13-22-17-21-7-5-10-27-26-9-3-4-11-30(26)34(32(21)27)33(22)29(25)18-28(24)31(20)23;1-2-8-22-19(6-1)17-28-23(22)14-15-24-25-13-12-21-16-20-7-5-10-27-26-9-3-4-11-31(26)34(32(20)27)33(21)30(25)18-29(24)28;15*1-2/h3*1-15H,16-18H2;15*1-2H3. The van der Waals surface area contributed by atoms with Crippen LogP contribution in [0.1, 0.15) is 308 Å². The predicted octanol–water partition coefficient (Wildman–Crippen LogP) is 38.9. The minimum atomic E-state index is 1.01. The van der Waals surface area contributed by atoms with E-state index in [0.717, 1.165) is 57.8 Å². The van der Waals surface area contributed by atoms with Crippen LogP contribution in [0.3, 0.4) is 0 Å². The van der Waals surface area contributed by atoms with E-state index in [1.165, 1.54) is 238 Å². The molecule has 132 heavy (non-hydrogen) atoms. The summed E-state index contributed by atoms with van der Waals surface area (Å²) in [6.07, 6.45) is 9.26. The molecular weight excluding hydrogens is 1590 g/mol. The molecule has 3 heteroatoms. The Bertz CT molecular complexity index is 6970. The highest BCUT2D eigenvalue weighted by Gasteiger charge is 2.38. The maximum atomic E-state index is 2.58. The molecule has 6 heterocycles. The lowest BCUT2D eigenvalue weighted by Gasteiger charge is -2.23. The van der Waals surface area contributed by atoms with Gasteiger partial charge in [0, 0.05) is 76.5 Å². The molecule has 0 saturated carbocycles. The van der Waals surface area contributed by atoms with Gasteiger partial charge in [0.1, 0.15) is 0 Å². The molecule has 0 saturated heterocycles. The number of nitrogens with zero attached hydrogens (tertiary/aromatic N) is 3. The third kappa shape index (κ3) is 17.2. The average Bonchev–Trinajstić information content (AvgIpc) is 1.66. The second-order valence-electron chi connectivity index (χ2n) is 30.2. The van der Waals surface area contributed by atoms with Gasteiger partial charge in [0.2, 0.25) is 0 Å². The molecular formula is C129H153N3. The Balaban J connectivity index is 0.000000180. The van der Waals surface area contributed by atoms with Crippen molar-refractivity contribution in [2.45, 2.75) is 265 Å². The smallest absolute Gasteiger partial charge is 0.0582 e. The fourth-order valence-electron chi connectivity index (χ4n) is 21.3. The molecule has 0 amide bonds. The van der Waals surface area contributed by atoms with E-state index in [0.29, 0.717) is 0 Å². The van der Waals surface area contributed by atoms with E-state index in [-0.39, 0.29) is 0 Å². The molecule has 0 atom stereocenters. The fourth-order valence-corrected chi connectivity index (χ4v) is 21.3. The Hall–Kier alpha value is -12.3. The molecule has 3 nitrogen and oxygen atoms in total. The first kappa shape index (κ1) is 102. The van der Waals surface area contributed by atoms with Gasteiger partial charge in [-0.3, -0.25) is 0 Å². The van der Waals surface area contributed by atoms with Crippen LogP contribution in [0.2, 0.25) is 0 Å². The van der Waals surface area contributed by atoms with Crippen molar-refractivity contribution in [2.75, 3.05) is 0 Å². The molecule has 27 rings (SSSR count). The number of aromatic nitrogens is 3. The van der Waals surface area contributed by atoms with Gasteiger partial charge in [-0.1, -0.05) is 462 Å². The summed E-state index contributed by atoms with van der Waals surface area (Å²) in [7, 11) is 0. The summed E-state index contributed by atoms with van der Waals surface area (Å²) in [5.74, 6) is 0. The lowest BCUT2D eigenvalue weighted by molar-refractivity contribution is 1.01. The summed E-state index contributed by atoms with van der Waals surface area (Å²) in [4.78, 5) is 0. The van der Waals surface area contributed by atoms with Crippen molar-refractivity contribution in [3.63, 3.8) is 0 Å². The Morgan fingerprint density at radius 1 is 0.144 bits per heavy atom. The summed E-state index contributed by atoms with van der Waals surface area (Å²) < 4.78 is 7.74. The van der Waals surface area contributed by atoms with E-state index in [2.05, 4.69) is 287 Å². The van der Waals surface area contributed by atoms with E-state index >= 15 is 0 Å². The second kappa shape index (κ2) is 47.7. The van der Waals surface area contributed by atoms with Gasteiger partial charge in [-0.05, 0) is 204 Å². The molecule has 684 valence electrons. The molecule has 18 aromatic rings. The normalized spacial score (nSPS) is 11.6. The molecule has 0 radical (unpaired) electrons. The third-order valence-corrected chi connectivity index (χ3v) is 25.4. The van der Waals surface area contributed by atoms with Gasteiger partial charge >= 0.3 is 0 Å². The summed E-state index contributed by atoms with van der Waals surface area (Å²) in [5.41, 5.74) is 56.4. The molecule has 6 aliphatic carbocycles. The average molecular weight is 1750 g/mol. The lowest BCUT2D eigenvalue weighted by Crippen LogP contribution is -2.10. The van der Waals surface area contributed by atoms with Crippen LogP contribution >= 0.6 is 0 Å². The number of benzene rings is 15. The van der Waals surface area contributed by atoms with Gasteiger partial charge in [0.15, 0.2) is 0 Å². The molecule has 9 aliphatic rings. The molecule has 0 fully saturated rings. The Labute approximate surface area is 796 Å². The SMILES string of the molecule is CC.CC.CC.CC.CC.CC.CC.CC.CC.CC.CC.CC.CC.CC.CC.c1ccc2c(c1)Cc1c-2ccc2c1Cc1c-2ccc2c1-n1c3ccccc3c3cccc(c31)C2.c1ccc2c(c1)Cc1ccc3c(c1-2)Cc1c-3ccc2c1-n1c3ccccc3c3cccc(c31)C2.c1ccc2c(c1)Cc1ccc3c(c1-2)Cc1c-3ccc2c3cccc4c3n(c12)-c1ccccc1C4. The summed E-state index contributed by atoms with van der Waals surface area (Å²) >= 11 is 0. The van der Waals surface area contributed by atoms with Crippen molar-refractivity contribution in [1.29, 1.82) is 0 Å². The lowest BCUT2D eigenvalue weighted by atomic mass is 9.92. The number of hydrogen-bond donors (Lipinski definition) is 0. The van der Waals surface area contributed by atoms with Gasteiger partial charge in [-0.2, -0.15) is 0 Å². The van der Waals surface area contributed by atoms with Gasteiger partial charge in [0.05, 0.1) is 44.5 Å². The van der Waals surface area contributed by atoms with E-state index in [1.54, 1.807) is 11.1 Å². The monoisotopic (exact) mass is 1740 g/mol. The van der Waals surface area contributed by atoms with Crippen molar-refractivity contribution < 1.29 is 0 Å². The van der Waals surface area contributed by atoms with Crippen LogP contribution in [0, 0.1) is 0 Å². The highest BCUT2D eigenvalue weighted by Crippen LogP contribution is 2.56. The Kier molecular flexibility index (Phi) is 36.8. The topological polar surface area (TPSA) is 14.8 Å². The molecule has 0 bridgehead atoms. The quantitative estimate of drug-likeness (QED) is 0.144. The zero-order valence-electron chi connectivity index (χ0n) is 86.2. The highest BCUT2D eigenvalue weighted by atomic mass is 15.0. The van der Waals surface area contributed by atoms with Gasteiger partial charge in [-0.15, -0.1) is 0 Å². The van der Waals surface area contributed by atoms with Crippen molar-refractivity contribution in [3.8, 4) is 83.8 Å². The van der Waals surface area contributed by atoms with Crippen molar-refractivity contribution in [1.82, 2.24) is 13.7 Å². The largest absolute Gasteiger partial charge is 0.308 e. The van der Waals surface area contributed by atoms with E-state index in [1.807, 2.05) is 208 Å². The van der Waals surface area contributed by atoms with Gasteiger partial charge in [0.25, 0.3) is 0 Å². The minimum absolute atomic E-state index is 1.01. The molecule has 0 unspecified atom stereocenters. The van der Waals surface area contributed by atoms with Gasteiger partial charge < -0.3 is 13.7 Å². The third-order valence-electron chi connectivity index (χ3n) is 25.4. The summed E-state index contributed by atoms with van der Waals surface area (Å²) in [6, 6.07) is 103. The molecule has 0 N–H and O–H groups in total. The van der Waals surface area contributed by atoms with Gasteiger partial charge in [-0.25, -0.2) is 0 Å². The first-order valence-electron chi connectivity index (χ1n) is 51.8. The minimum Gasteiger partial charge on any atom is -0.308 e. The van der Waals surface area contributed by atoms with Crippen LogP contribution in [-0.2, 0) is 57.8 Å². The Morgan fingerprint density at radius 2 is 0.409 bits per heavy atom. The maximum absolute atomic E-state index is 2.58. The highest BCUT2D eigenvalue weighted by molar-refractivity contribution is 6.16. The second-order valence-corrected chi connectivity index (χ2v) is 30.2. The number of fused-ring (bicyclic) bond motifs is 39. The van der Waals surface area contributed by atoms with Crippen LogP contribution in [0.15, 0.2) is 273 Å². The zero-order chi connectivity index (χ0) is 95.9. The fraction of sp³-hybridized carbons (Fsp3) is 0.302. The maximum Gasteiger partial charge on any atom is 0.0582 e. The van der Waals surface area contributed by atoms with Crippen LogP contribution in [0.25, 0.3) is 149 Å². The van der Waals surface area contributed by atoms with Crippen molar-refractivity contribution >= 4 is 65.4 Å². The molecule has 3 aromatic heterocycles. The number of para-hydroxylation sites is 6. The van der Waals surface area contributed by atoms with E-state index in [4.69, 9.17) is 0 Å². The summed E-state index contributed by atoms with van der Waals surface area (Å²) in [6.45, 7) is 60.0. The van der Waals surface area contributed by atoms with Crippen molar-refractivity contribution in [2.24, 2.45) is 0 Å². The number of hydrogen-bond acceptors (Lipinski definition) is 0. The summed E-state index contributed by atoms with van der Waals surface area (Å²) in [5, 5.41) is 8.24. The molecule has 3 aliphatic heterocycles. The van der Waals surface area contributed by atoms with Crippen LogP contribution in [-0.4, -0.2) is 13.7 Å².